The smallest absolute Gasteiger partial charge is 0.244 e. The number of H-pyrrole nitrogens is 1. The Morgan fingerprint density at radius 1 is 1.50 bits per heavy atom. The Balaban J connectivity index is 1.95. The second kappa shape index (κ2) is 6.16. The lowest BCUT2D eigenvalue weighted by Crippen LogP contribution is -2.27. The summed E-state index contributed by atoms with van der Waals surface area (Å²) in [4.78, 5) is 4.08. The fourth-order valence-corrected chi connectivity index (χ4v) is 3.37. The minimum atomic E-state index is -3.58. The summed E-state index contributed by atoms with van der Waals surface area (Å²) in [6.45, 7) is 2.79. The largest absolute Gasteiger partial charge is 0.337 e. The van der Waals surface area contributed by atoms with Crippen LogP contribution in [-0.4, -0.2) is 34.7 Å². The number of sulfonamides is 1. The van der Waals surface area contributed by atoms with E-state index in [9.17, 15) is 8.42 Å². The van der Waals surface area contributed by atoms with Crippen molar-refractivity contribution >= 4 is 10.0 Å². The first-order valence-electron chi connectivity index (χ1n) is 6.24. The molecule has 0 saturated heterocycles. The van der Waals surface area contributed by atoms with Gasteiger partial charge in [0, 0.05) is 32.0 Å². The molecule has 0 aromatic carbocycles. The minimum absolute atomic E-state index is 0.0790. The van der Waals surface area contributed by atoms with E-state index in [2.05, 4.69) is 19.9 Å². The van der Waals surface area contributed by atoms with Gasteiger partial charge in [0.1, 0.15) is 4.90 Å². The van der Waals surface area contributed by atoms with Gasteiger partial charge >= 0.3 is 0 Å². The number of nitrogens with two attached hydrogens (primary N) is 1. The molecule has 110 valence electrons. The number of rotatable bonds is 7. The van der Waals surface area contributed by atoms with Crippen LogP contribution in [0.3, 0.4) is 0 Å². The van der Waals surface area contributed by atoms with E-state index in [-0.39, 0.29) is 11.4 Å². The Bertz CT molecular complexity index is 647. The lowest BCUT2D eigenvalue weighted by molar-refractivity contribution is 0.568. The highest BCUT2D eigenvalue weighted by Gasteiger charge is 2.22. The number of imidazole rings is 1. The van der Waals surface area contributed by atoms with Crippen molar-refractivity contribution in [2.75, 3.05) is 6.54 Å². The predicted octanol–water partition coefficient (Wildman–Crippen LogP) is -0.258. The van der Waals surface area contributed by atoms with Gasteiger partial charge in [-0.3, -0.25) is 5.10 Å². The molecular formula is C11H18N6O2S. The normalized spacial score (nSPS) is 11.9. The number of nitrogens with one attached hydrogen (secondary N) is 2. The molecule has 0 radical (unpaired) electrons. The van der Waals surface area contributed by atoms with Crippen molar-refractivity contribution in [2.24, 2.45) is 5.73 Å². The van der Waals surface area contributed by atoms with Gasteiger partial charge in [-0.05, 0) is 13.3 Å². The lowest BCUT2D eigenvalue weighted by atomic mass is 10.4. The molecule has 0 amide bonds. The number of nitrogens with zero attached hydrogens (tertiary/aromatic N) is 3. The molecule has 0 atom stereocenters. The topological polar surface area (TPSA) is 119 Å². The standard InChI is InChI=1S/C11H18N6O2S/c1-9-11(10(7-12)16-15-9)20(18,19)14-3-2-5-17-6-4-13-8-17/h4,6,8,14H,2-3,5,7,12H2,1H3,(H,15,16). The molecule has 0 aliphatic heterocycles. The molecule has 9 heteroatoms. The van der Waals surface area contributed by atoms with Crippen molar-refractivity contribution < 1.29 is 8.42 Å². The maximum Gasteiger partial charge on any atom is 0.244 e. The van der Waals surface area contributed by atoms with Gasteiger partial charge in [-0.2, -0.15) is 5.10 Å². The van der Waals surface area contributed by atoms with E-state index in [0.717, 1.165) is 0 Å². The summed E-state index contributed by atoms with van der Waals surface area (Å²) in [5, 5.41) is 6.53. The second-order valence-corrected chi connectivity index (χ2v) is 6.08. The number of hydrogen-bond donors (Lipinski definition) is 3. The van der Waals surface area contributed by atoms with Crippen molar-refractivity contribution in [3.05, 3.63) is 30.1 Å². The third-order valence-corrected chi connectivity index (χ3v) is 4.53. The van der Waals surface area contributed by atoms with Crippen LogP contribution in [0.5, 0.6) is 0 Å². The Hall–Kier alpha value is -1.71. The molecule has 8 nitrogen and oxygen atoms in total. The van der Waals surface area contributed by atoms with Gasteiger partial charge in [0.05, 0.1) is 17.7 Å². The molecule has 0 fully saturated rings. The van der Waals surface area contributed by atoms with Crippen molar-refractivity contribution in [1.29, 1.82) is 0 Å². The van der Waals surface area contributed by atoms with E-state index in [1.807, 2.05) is 10.8 Å². The summed E-state index contributed by atoms with van der Waals surface area (Å²) in [6.07, 6.45) is 5.89. The summed E-state index contributed by atoms with van der Waals surface area (Å²) >= 11 is 0. The van der Waals surface area contributed by atoms with E-state index >= 15 is 0 Å². The lowest BCUT2D eigenvalue weighted by Gasteiger charge is -2.07. The first kappa shape index (κ1) is 14.7. The van der Waals surface area contributed by atoms with Crippen molar-refractivity contribution in [3.63, 3.8) is 0 Å². The summed E-state index contributed by atoms with van der Waals surface area (Å²) in [5.74, 6) is 0. The van der Waals surface area contributed by atoms with Gasteiger partial charge in [-0.15, -0.1) is 0 Å². The van der Waals surface area contributed by atoms with Gasteiger partial charge in [0.2, 0.25) is 10.0 Å². The van der Waals surface area contributed by atoms with Crippen LogP contribution in [-0.2, 0) is 23.1 Å². The predicted molar refractivity (Wildman–Crippen MR) is 73.2 cm³/mol. The van der Waals surface area contributed by atoms with E-state index in [0.29, 0.717) is 30.9 Å². The molecule has 4 N–H and O–H groups in total. The first-order valence-corrected chi connectivity index (χ1v) is 7.72. The first-order chi connectivity index (χ1) is 9.54. The average molecular weight is 298 g/mol. The summed E-state index contributed by atoms with van der Waals surface area (Å²) in [7, 11) is -3.58. The van der Waals surface area contributed by atoms with Gasteiger partial charge in [-0.25, -0.2) is 18.1 Å². The Morgan fingerprint density at radius 3 is 2.95 bits per heavy atom. The molecule has 0 aliphatic rings. The number of aryl methyl sites for hydroxylation is 2. The summed E-state index contributed by atoms with van der Waals surface area (Å²) in [5.41, 5.74) is 6.34. The molecule has 0 aliphatic carbocycles. The molecular weight excluding hydrogens is 280 g/mol. The molecule has 2 aromatic rings. The van der Waals surface area contributed by atoms with Crippen molar-refractivity contribution in [1.82, 2.24) is 24.5 Å². The molecule has 0 unspecified atom stereocenters. The highest BCUT2D eigenvalue weighted by atomic mass is 32.2. The third kappa shape index (κ3) is 3.24. The van der Waals surface area contributed by atoms with Crippen molar-refractivity contribution in [3.8, 4) is 0 Å². The van der Waals surface area contributed by atoms with Gasteiger partial charge in [0.25, 0.3) is 0 Å². The van der Waals surface area contributed by atoms with Gasteiger partial charge in [0.15, 0.2) is 0 Å². The van der Waals surface area contributed by atoms with E-state index in [4.69, 9.17) is 5.73 Å². The molecule has 0 spiro atoms. The maximum atomic E-state index is 12.2. The zero-order valence-corrected chi connectivity index (χ0v) is 12.0. The Morgan fingerprint density at radius 2 is 2.30 bits per heavy atom. The van der Waals surface area contributed by atoms with Crippen LogP contribution in [0, 0.1) is 6.92 Å². The average Bonchev–Trinajstić information content (AvgIpc) is 3.03. The van der Waals surface area contributed by atoms with E-state index in [1.165, 1.54) is 0 Å². The van der Waals surface area contributed by atoms with Crippen LogP contribution in [0.2, 0.25) is 0 Å². The summed E-state index contributed by atoms with van der Waals surface area (Å²) < 4.78 is 28.9. The monoisotopic (exact) mass is 298 g/mol. The van der Waals surface area contributed by atoms with Crippen LogP contribution in [0.25, 0.3) is 0 Å². The zero-order valence-electron chi connectivity index (χ0n) is 11.2. The van der Waals surface area contributed by atoms with Crippen molar-refractivity contribution in [2.45, 2.75) is 31.3 Å². The number of aromatic amines is 1. The molecule has 0 saturated carbocycles. The van der Waals surface area contributed by atoms with Crippen LogP contribution in [0.1, 0.15) is 17.8 Å². The SMILES string of the molecule is Cc1[nH]nc(CN)c1S(=O)(=O)NCCCn1ccnc1. The number of hydrogen-bond acceptors (Lipinski definition) is 5. The highest BCUT2D eigenvalue weighted by molar-refractivity contribution is 7.89. The van der Waals surface area contributed by atoms with Crippen LogP contribution in [0.15, 0.2) is 23.6 Å². The molecule has 2 heterocycles. The van der Waals surface area contributed by atoms with Crippen LogP contribution in [0.4, 0.5) is 0 Å². The Labute approximate surface area is 117 Å². The molecule has 2 rings (SSSR count). The second-order valence-electron chi connectivity index (χ2n) is 4.38. The third-order valence-electron chi connectivity index (χ3n) is 2.87. The molecule has 2 aromatic heterocycles. The quantitative estimate of drug-likeness (QED) is 0.609. The number of aromatic nitrogens is 4. The van der Waals surface area contributed by atoms with Crippen LogP contribution < -0.4 is 10.5 Å². The minimum Gasteiger partial charge on any atom is -0.337 e. The summed E-state index contributed by atoms with van der Waals surface area (Å²) in [6, 6.07) is 0. The maximum absolute atomic E-state index is 12.2. The fraction of sp³-hybridized carbons (Fsp3) is 0.455. The Kier molecular flexibility index (Phi) is 4.53. The molecule has 20 heavy (non-hydrogen) atoms. The van der Waals surface area contributed by atoms with Gasteiger partial charge < -0.3 is 10.3 Å². The highest BCUT2D eigenvalue weighted by Crippen LogP contribution is 2.16. The molecule has 0 bridgehead atoms. The van der Waals surface area contributed by atoms with E-state index < -0.39 is 10.0 Å². The van der Waals surface area contributed by atoms with Gasteiger partial charge in [-0.1, -0.05) is 0 Å². The fourth-order valence-electron chi connectivity index (χ4n) is 1.92. The van der Waals surface area contributed by atoms with E-state index in [1.54, 1.807) is 19.4 Å². The van der Waals surface area contributed by atoms with Crippen LogP contribution >= 0.6 is 0 Å². The zero-order chi connectivity index (χ0) is 14.6.